The highest BCUT2D eigenvalue weighted by Crippen LogP contribution is 2.26. The van der Waals surface area contributed by atoms with Crippen molar-refractivity contribution in [3.05, 3.63) is 35.6 Å². The van der Waals surface area contributed by atoms with Gasteiger partial charge in [0.05, 0.1) is 0 Å². The number of nitrogens with zero attached hydrogens (tertiary/aromatic N) is 1. The zero-order valence-electron chi connectivity index (χ0n) is 12.4. The first-order valence-electron chi connectivity index (χ1n) is 7.31. The van der Waals surface area contributed by atoms with E-state index in [0.717, 1.165) is 25.7 Å². The molecule has 0 spiro atoms. The molecule has 118 valence electrons. The number of hydrogen-bond acceptors (Lipinski definition) is 2. The Bertz CT molecular complexity index is 469. The maximum atomic E-state index is 13.6. The molecule has 0 bridgehead atoms. The predicted octanol–water partition coefficient (Wildman–Crippen LogP) is 3.11. The number of carbonyl (C=O) groups is 1. The van der Waals surface area contributed by atoms with Crippen LogP contribution in [0, 0.1) is 11.7 Å². The van der Waals surface area contributed by atoms with E-state index in [-0.39, 0.29) is 36.1 Å². The van der Waals surface area contributed by atoms with E-state index in [1.165, 1.54) is 6.07 Å². The van der Waals surface area contributed by atoms with Crippen molar-refractivity contribution in [1.82, 2.24) is 4.90 Å². The van der Waals surface area contributed by atoms with Crippen molar-refractivity contribution >= 4 is 18.3 Å². The lowest BCUT2D eigenvalue weighted by molar-refractivity contribution is -0.131. The minimum Gasteiger partial charge on any atom is -0.341 e. The Morgan fingerprint density at radius 2 is 2.00 bits per heavy atom. The van der Waals surface area contributed by atoms with Gasteiger partial charge < -0.3 is 10.6 Å². The Kier molecular flexibility index (Phi) is 7.12. The average molecular weight is 315 g/mol. The zero-order chi connectivity index (χ0) is 14.5. The van der Waals surface area contributed by atoms with Crippen molar-refractivity contribution in [2.75, 3.05) is 7.05 Å². The van der Waals surface area contributed by atoms with E-state index in [2.05, 4.69) is 0 Å². The molecule has 0 saturated heterocycles. The smallest absolute Gasteiger partial charge is 0.222 e. The summed E-state index contributed by atoms with van der Waals surface area (Å²) < 4.78 is 13.6. The molecule has 1 saturated carbocycles. The van der Waals surface area contributed by atoms with Crippen LogP contribution in [-0.2, 0) is 11.3 Å². The van der Waals surface area contributed by atoms with Crippen LogP contribution in [0.25, 0.3) is 0 Å². The van der Waals surface area contributed by atoms with Gasteiger partial charge in [0.25, 0.3) is 0 Å². The molecule has 21 heavy (non-hydrogen) atoms. The molecule has 1 aromatic rings. The fourth-order valence-corrected chi connectivity index (χ4v) is 2.84. The molecule has 2 atom stereocenters. The monoisotopic (exact) mass is 314 g/mol. The highest BCUT2D eigenvalue weighted by molar-refractivity contribution is 5.85. The molecule has 2 unspecified atom stereocenters. The van der Waals surface area contributed by atoms with Gasteiger partial charge in [0, 0.05) is 31.6 Å². The van der Waals surface area contributed by atoms with Gasteiger partial charge in [0.15, 0.2) is 0 Å². The molecule has 1 aliphatic carbocycles. The van der Waals surface area contributed by atoms with E-state index < -0.39 is 0 Å². The quantitative estimate of drug-likeness (QED) is 0.928. The summed E-state index contributed by atoms with van der Waals surface area (Å²) in [5.74, 6) is 0.0661. The minimum atomic E-state index is -0.262. The van der Waals surface area contributed by atoms with Crippen LogP contribution >= 0.6 is 12.4 Å². The standard InChI is InChI=1S/C16H23FN2O.ClH/c1-19(11-13-7-2-4-8-14(13)17)16(20)10-12-6-3-5-9-15(12)18;/h2,4,7-8,12,15H,3,5-6,9-11,18H2,1H3;1H. The molecule has 0 aliphatic heterocycles. The van der Waals surface area contributed by atoms with Crippen molar-refractivity contribution in [1.29, 1.82) is 0 Å². The SMILES string of the molecule is CN(Cc1ccccc1F)C(=O)CC1CCCCC1N.Cl. The Morgan fingerprint density at radius 3 is 2.67 bits per heavy atom. The lowest BCUT2D eigenvalue weighted by Gasteiger charge is -2.29. The summed E-state index contributed by atoms with van der Waals surface area (Å²) in [6.45, 7) is 0.313. The van der Waals surface area contributed by atoms with Crippen LogP contribution in [0.1, 0.15) is 37.7 Å². The highest BCUT2D eigenvalue weighted by Gasteiger charge is 2.25. The maximum Gasteiger partial charge on any atom is 0.222 e. The second kappa shape index (κ2) is 8.35. The van der Waals surface area contributed by atoms with Crippen LogP contribution in [0.5, 0.6) is 0 Å². The number of amides is 1. The first kappa shape index (κ1) is 17.9. The van der Waals surface area contributed by atoms with Gasteiger partial charge in [-0.2, -0.15) is 0 Å². The van der Waals surface area contributed by atoms with Gasteiger partial charge in [0.1, 0.15) is 5.82 Å². The molecule has 5 heteroatoms. The molecule has 1 aromatic carbocycles. The molecule has 0 radical (unpaired) electrons. The van der Waals surface area contributed by atoms with Crippen molar-refractivity contribution in [3.63, 3.8) is 0 Å². The van der Waals surface area contributed by atoms with E-state index in [1.54, 1.807) is 30.1 Å². The van der Waals surface area contributed by atoms with Crippen LogP contribution in [-0.4, -0.2) is 23.9 Å². The lowest BCUT2D eigenvalue weighted by Crippen LogP contribution is -2.37. The third-order valence-electron chi connectivity index (χ3n) is 4.20. The van der Waals surface area contributed by atoms with Crippen LogP contribution in [0.2, 0.25) is 0 Å². The summed E-state index contributed by atoms with van der Waals surface area (Å²) in [6, 6.07) is 6.71. The first-order valence-corrected chi connectivity index (χ1v) is 7.31. The summed E-state index contributed by atoms with van der Waals surface area (Å²) in [5, 5.41) is 0. The van der Waals surface area contributed by atoms with Crippen LogP contribution in [0.4, 0.5) is 4.39 Å². The number of rotatable bonds is 4. The largest absolute Gasteiger partial charge is 0.341 e. The fourth-order valence-electron chi connectivity index (χ4n) is 2.84. The third-order valence-corrected chi connectivity index (χ3v) is 4.20. The predicted molar refractivity (Wildman–Crippen MR) is 84.7 cm³/mol. The fraction of sp³-hybridized carbons (Fsp3) is 0.562. The molecule has 1 amide bonds. The second-order valence-electron chi connectivity index (χ2n) is 5.75. The number of hydrogen-bond donors (Lipinski definition) is 1. The van der Waals surface area contributed by atoms with Gasteiger partial charge in [-0.1, -0.05) is 31.0 Å². The van der Waals surface area contributed by atoms with E-state index in [4.69, 9.17) is 5.73 Å². The molecule has 0 aromatic heterocycles. The summed E-state index contributed by atoms with van der Waals surface area (Å²) in [6.07, 6.45) is 4.83. The van der Waals surface area contributed by atoms with E-state index in [9.17, 15) is 9.18 Å². The lowest BCUT2D eigenvalue weighted by atomic mass is 9.83. The molecule has 1 fully saturated rings. The second-order valence-corrected chi connectivity index (χ2v) is 5.75. The summed E-state index contributed by atoms with van der Waals surface area (Å²) in [4.78, 5) is 13.8. The Balaban J connectivity index is 0.00000220. The first-order chi connectivity index (χ1) is 9.58. The minimum absolute atomic E-state index is 0. The molecule has 3 nitrogen and oxygen atoms in total. The normalized spacial score (nSPS) is 21.5. The molecule has 0 heterocycles. The van der Waals surface area contributed by atoms with Gasteiger partial charge in [-0.05, 0) is 24.8 Å². The van der Waals surface area contributed by atoms with Gasteiger partial charge in [-0.25, -0.2) is 4.39 Å². The molecule has 2 N–H and O–H groups in total. The number of halogens is 2. The van der Waals surface area contributed by atoms with E-state index in [1.807, 2.05) is 0 Å². The maximum absolute atomic E-state index is 13.6. The van der Waals surface area contributed by atoms with Gasteiger partial charge >= 0.3 is 0 Å². The van der Waals surface area contributed by atoms with Crippen molar-refractivity contribution in [3.8, 4) is 0 Å². The molecule has 1 aliphatic rings. The Labute approximate surface area is 132 Å². The summed E-state index contributed by atoms with van der Waals surface area (Å²) >= 11 is 0. The number of carbonyl (C=O) groups excluding carboxylic acids is 1. The van der Waals surface area contributed by atoms with Crippen LogP contribution in [0.15, 0.2) is 24.3 Å². The van der Waals surface area contributed by atoms with Gasteiger partial charge in [-0.3, -0.25) is 4.79 Å². The van der Waals surface area contributed by atoms with Crippen LogP contribution in [0.3, 0.4) is 0 Å². The third kappa shape index (κ3) is 4.97. The molecular weight excluding hydrogens is 291 g/mol. The van der Waals surface area contributed by atoms with Crippen LogP contribution < -0.4 is 5.73 Å². The van der Waals surface area contributed by atoms with Crippen molar-refractivity contribution < 1.29 is 9.18 Å². The van der Waals surface area contributed by atoms with E-state index in [0.29, 0.717) is 18.5 Å². The summed E-state index contributed by atoms with van der Waals surface area (Å²) in [7, 11) is 1.73. The Hall–Kier alpha value is -1.13. The van der Waals surface area contributed by atoms with Gasteiger partial charge in [0.2, 0.25) is 5.91 Å². The number of nitrogens with two attached hydrogens (primary N) is 1. The highest BCUT2D eigenvalue weighted by atomic mass is 35.5. The number of benzene rings is 1. The molecule has 2 rings (SSSR count). The molecular formula is C16H24ClFN2O. The zero-order valence-corrected chi connectivity index (χ0v) is 13.2. The van der Waals surface area contributed by atoms with Gasteiger partial charge in [-0.15, -0.1) is 12.4 Å². The van der Waals surface area contributed by atoms with Crippen molar-refractivity contribution in [2.45, 2.75) is 44.7 Å². The topological polar surface area (TPSA) is 46.3 Å². The average Bonchev–Trinajstić information content (AvgIpc) is 2.43. The van der Waals surface area contributed by atoms with E-state index >= 15 is 0 Å². The Morgan fingerprint density at radius 1 is 1.33 bits per heavy atom. The van der Waals surface area contributed by atoms with Crippen molar-refractivity contribution in [2.24, 2.45) is 11.7 Å². The summed E-state index contributed by atoms with van der Waals surface area (Å²) in [5.41, 5.74) is 6.63.